The fraction of sp³-hybridized carbons (Fsp3) is 0.345. The van der Waals surface area contributed by atoms with Gasteiger partial charge in [-0.2, -0.15) is 5.10 Å². The zero-order chi connectivity index (χ0) is 27.5. The highest BCUT2D eigenvalue weighted by molar-refractivity contribution is 7.07. The molecule has 9 nitrogen and oxygen atoms in total. The first-order valence-electron chi connectivity index (χ1n) is 13.3. The average molecular weight is 559 g/mol. The fourth-order valence-corrected chi connectivity index (χ4v) is 6.35. The van der Waals surface area contributed by atoms with Crippen LogP contribution in [0.15, 0.2) is 53.4 Å². The van der Waals surface area contributed by atoms with Crippen molar-refractivity contribution in [3.63, 3.8) is 0 Å². The maximum absolute atomic E-state index is 13.6. The number of pyridine rings is 1. The van der Waals surface area contributed by atoms with E-state index < -0.39 is 0 Å². The first-order valence-corrected chi connectivity index (χ1v) is 14.3. The van der Waals surface area contributed by atoms with Gasteiger partial charge in [0.25, 0.3) is 5.91 Å². The molecule has 2 unspecified atom stereocenters. The second-order valence-corrected chi connectivity index (χ2v) is 11.5. The summed E-state index contributed by atoms with van der Waals surface area (Å²) in [6, 6.07) is 11.6. The van der Waals surface area contributed by atoms with E-state index in [9.17, 15) is 14.0 Å². The molecule has 0 N–H and O–H groups in total. The number of piperidine rings is 1. The minimum atomic E-state index is -0.324. The second kappa shape index (κ2) is 9.51. The third kappa shape index (κ3) is 4.34. The molecule has 0 radical (unpaired) electrons. The normalized spacial score (nSPS) is 23.5. The lowest BCUT2D eigenvalue weighted by Crippen LogP contribution is -2.34. The number of amides is 2. The Kier molecular flexibility index (Phi) is 5.92. The lowest BCUT2D eigenvalue weighted by Gasteiger charge is -2.21. The molecule has 7 rings (SSSR count). The zero-order valence-corrected chi connectivity index (χ0v) is 22.8. The standard InChI is InChI=1S/C29H27FN6O3S/c1-16-7-8-36(28(16)37)19-9-22(17-3-5-18(30)6-4-17)32-26(10-19)39-27-20-12-35(13-21(20)27)29(38)25-11-23(33-34(25)2)24-14-40-15-31-24/h3-6,9-11,14-16,20-21,27H,7-8,12-13H2,1-2H3/t16?,20-,21+,27?. The van der Waals surface area contributed by atoms with Gasteiger partial charge in [0.1, 0.15) is 29.0 Å². The summed E-state index contributed by atoms with van der Waals surface area (Å²) < 4.78 is 21.5. The summed E-state index contributed by atoms with van der Waals surface area (Å²) >= 11 is 1.49. The molecule has 0 spiro atoms. The van der Waals surface area contributed by atoms with Crippen LogP contribution in [0.2, 0.25) is 0 Å². The summed E-state index contributed by atoms with van der Waals surface area (Å²) in [7, 11) is 1.77. The van der Waals surface area contributed by atoms with Crippen molar-refractivity contribution in [1.29, 1.82) is 0 Å². The first-order chi connectivity index (χ1) is 19.4. The molecule has 11 heteroatoms. The number of aromatic nitrogens is 4. The number of hydrogen-bond donors (Lipinski definition) is 0. The molecule has 40 heavy (non-hydrogen) atoms. The number of carbonyl (C=O) groups is 2. The topological polar surface area (TPSA) is 93.4 Å². The molecule has 1 aliphatic carbocycles. The predicted molar refractivity (Wildman–Crippen MR) is 147 cm³/mol. The van der Waals surface area contributed by atoms with E-state index >= 15 is 0 Å². The van der Waals surface area contributed by atoms with Gasteiger partial charge in [-0.1, -0.05) is 6.92 Å². The predicted octanol–water partition coefficient (Wildman–Crippen LogP) is 4.27. The third-order valence-electron chi connectivity index (χ3n) is 8.16. The van der Waals surface area contributed by atoms with E-state index in [1.54, 1.807) is 40.3 Å². The van der Waals surface area contributed by atoms with Crippen LogP contribution in [0, 0.1) is 23.6 Å². The highest BCUT2D eigenvalue weighted by Crippen LogP contribution is 2.48. The van der Waals surface area contributed by atoms with Gasteiger partial charge in [0.2, 0.25) is 11.8 Å². The number of ether oxygens (including phenoxy) is 1. The molecule has 3 fully saturated rings. The first kappa shape index (κ1) is 24.9. The van der Waals surface area contributed by atoms with Gasteiger partial charge in [-0.05, 0) is 42.8 Å². The average Bonchev–Trinajstić information content (AvgIpc) is 3.55. The van der Waals surface area contributed by atoms with Crippen LogP contribution in [0.3, 0.4) is 0 Å². The maximum atomic E-state index is 13.6. The molecule has 4 atom stereocenters. The van der Waals surface area contributed by atoms with Gasteiger partial charge in [0, 0.05) is 61.4 Å². The Morgan fingerprint density at radius 2 is 1.85 bits per heavy atom. The Morgan fingerprint density at radius 1 is 1.07 bits per heavy atom. The number of benzene rings is 1. The monoisotopic (exact) mass is 558 g/mol. The number of anilines is 1. The summed E-state index contributed by atoms with van der Waals surface area (Å²) in [5.41, 5.74) is 5.82. The minimum Gasteiger partial charge on any atom is -0.474 e. The summed E-state index contributed by atoms with van der Waals surface area (Å²) in [4.78, 5) is 38.7. The number of likely N-dealkylation sites (tertiary alicyclic amines) is 1. The van der Waals surface area contributed by atoms with Crippen molar-refractivity contribution < 1.29 is 18.7 Å². The highest BCUT2D eigenvalue weighted by atomic mass is 32.1. The molecule has 0 bridgehead atoms. The van der Waals surface area contributed by atoms with Gasteiger partial charge in [0.05, 0.1) is 16.9 Å². The molecule has 3 aromatic heterocycles. The lowest BCUT2D eigenvalue weighted by atomic mass is 10.1. The van der Waals surface area contributed by atoms with Crippen LogP contribution in [0.25, 0.3) is 22.6 Å². The van der Waals surface area contributed by atoms with E-state index in [2.05, 4.69) is 10.1 Å². The highest BCUT2D eigenvalue weighted by Gasteiger charge is 2.59. The van der Waals surface area contributed by atoms with Crippen molar-refractivity contribution >= 4 is 28.8 Å². The van der Waals surface area contributed by atoms with E-state index in [0.717, 1.165) is 23.4 Å². The van der Waals surface area contributed by atoms with E-state index in [1.807, 2.05) is 29.3 Å². The Labute approximate surface area is 234 Å². The van der Waals surface area contributed by atoms with Crippen LogP contribution in [0.4, 0.5) is 10.1 Å². The second-order valence-electron chi connectivity index (χ2n) is 10.8. The molecule has 2 saturated heterocycles. The summed E-state index contributed by atoms with van der Waals surface area (Å²) in [6.07, 6.45) is 0.736. The van der Waals surface area contributed by atoms with Crippen LogP contribution in [-0.2, 0) is 11.8 Å². The molecule has 204 valence electrons. The Balaban J connectivity index is 1.08. The Hall–Kier alpha value is -4.12. The SMILES string of the molecule is CC1CCN(c2cc(OC3[C@H]4CN(C(=O)c5cc(-c6cscn6)nn5C)C[C@@H]34)nc(-c3ccc(F)cc3)c2)C1=O. The Bertz CT molecular complexity index is 1590. The summed E-state index contributed by atoms with van der Waals surface area (Å²) in [6.45, 7) is 3.76. The van der Waals surface area contributed by atoms with E-state index in [4.69, 9.17) is 9.72 Å². The van der Waals surface area contributed by atoms with E-state index in [-0.39, 0.29) is 41.5 Å². The summed E-state index contributed by atoms with van der Waals surface area (Å²) in [5, 5.41) is 6.38. The molecule has 1 aromatic carbocycles. The molecule has 4 aromatic rings. The van der Waals surface area contributed by atoms with Crippen molar-refractivity contribution in [1.82, 2.24) is 24.6 Å². The fourth-order valence-electron chi connectivity index (χ4n) is 5.80. The van der Waals surface area contributed by atoms with Crippen molar-refractivity contribution in [2.45, 2.75) is 19.4 Å². The van der Waals surface area contributed by atoms with Crippen LogP contribution in [-0.4, -0.2) is 62.2 Å². The van der Waals surface area contributed by atoms with Crippen molar-refractivity contribution in [2.24, 2.45) is 24.8 Å². The number of aryl methyl sites for hydroxylation is 1. The van der Waals surface area contributed by atoms with Gasteiger partial charge < -0.3 is 14.5 Å². The molecule has 3 aliphatic rings. The number of fused-ring (bicyclic) bond motifs is 1. The van der Waals surface area contributed by atoms with Crippen LogP contribution in [0.5, 0.6) is 5.88 Å². The van der Waals surface area contributed by atoms with Gasteiger partial charge in [-0.3, -0.25) is 14.3 Å². The van der Waals surface area contributed by atoms with Gasteiger partial charge >= 0.3 is 0 Å². The zero-order valence-electron chi connectivity index (χ0n) is 22.0. The number of hydrogen-bond acceptors (Lipinski definition) is 7. The maximum Gasteiger partial charge on any atom is 0.272 e. The van der Waals surface area contributed by atoms with Gasteiger partial charge in [-0.15, -0.1) is 11.3 Å². The number of nitrogens with zero attached hydrogens (tertiary/aromatic N) is 6. The molecule has 2 amide bonds. The molecular weight excluding hydrogens is 531 g/mol. The van der Waals surface area contributed by atoms with Crippen LogP contribution >= 0.6 is 11.3 Å². The van der Waals surface area contributed by atoms with Gasteiger partial charge in [-0.25, -0.2) is 14.4 Å². The third-order valence-corrected chi connectivity index (χ3v) is 8.75. The molecule has 2 aliphatic heterocycles. The van der Waals surface area contributed by atoms with Gasteiger partial charge in [0.15, 0.2) is 0 Å². The largest absolute Gasteiger partial charge is 0.474 e. The minimum absolute atomic E-state index is 0.0323. The number of carbonyl (C=O) groups excluding carboxylic acids is 2. The van der Waals surface area contributed by atoms with Crippen molar-refractivity contribution in [3.8, 4) is 28.5 Å². The lowest BCUT2D eigenvalue weighted by molar-refractivity contribution is -0.119. The quantitative estimate of drug-likeness (QED) is 0.351. The molecular formula is C29H27FN6O3S. The number of rotatable bonds is 6. The number of halogens is 1. The molecule has 1 saturated carbocycles. The smallest absolute Gasteiger partial charge is 0.272 e. The van der Waals surface area contributed by atoms with Crippen LogP contribution in [0.1, 0.15) is 23.8 Å². The van der Waals surface area contributed by atoms with E-state index in [0.29, 0.717) is 42.6 Å². The number of thiazole rings is 1. The summed E-state index contributed by atoms with van der Waals surface area (Å²) in [5.74, 6) is 0.522. The Morgan fingerprint density at radius 3 is 2.52 bits per heavy atom. The van der Waals surface area contributed by atoms with Crippen molar-refractivity contribution in [2.75, 3.05) is 24.5 Å². The van der Waals surface area contributed by atoms with Crippen LogP contribution < -0.4 is 9.64 Å². The molecule has 5 heterocycles. The van der Waals surface area contributed by atoms with E-state index in [1.165, 1.54) is 23.5 Å². The van der Waals surface area contributed by atoms with Crippen molar-refractivity contribution in [3.05, 3.63) is 64.9 Å².